The van der Waals surface area contributed by atoms with Crippen molar-refractivity contribution in [2.75, 3.05) is 5.32 Å². The molecule has 2 heterocycles. The number of rotatable bonds is 6. The number of aromatic nitrogens is 2. The molecule has 1 N–H and O–H groups in total. The van der Waals surface area contributed by atoms with E-state index < -0.39 is 6.29 Å². The predicted molar refractivity (Wildman–Crippen MR) is 77.9 cm³/mol. The normalized spacial score (nSPS) is 14.6. The first kappa shape index (κ1) is 16.2. The zero-order chi connectivity index (χ0) is 17.2. The zero-order valence-corrected chi connectivity index (χ0v) is 12.8. The molecule has 0 bridgehead atoms. The quantitative estimate of drug-likeness (QED) is 0.871. The molecule has 3 rings (SSSR count). The highest BCUT2D eigenvalue weighted by Crippen LogP contribution is 2.42. The lowest BCUT2D eigenvalue weighted by molar-refractivity contribution is -0.286. The Morgan fingerprint density at radius 3 is 2.83 bits per heavy atom. The maximum absolute atomic E-state index is 12.9. The Hall–Kier alpha value is -2.71. The van der Waals surface area contributed by atoms with E-state index in [2.05, 4.69) is 24.9 Å². The summed E-state index contributed by atoms with van der Waals surface area (Å²) in [6.07, 6.45) is -1.64. The number of nitrogens with zero attached hydrogens (tertiary/aromatic N) is 2. The van der Waals surface area contributed by atoms with Crippen LogP contribution in [-0.2, 0) is 17.6 Å². The second-order valence-electron chi connectivity index (χ2n) is 5.23. The van der Waals surface area contributed by atoms with Crippen LogP contribution in [0.15, 0.2) is 22.7 Å². The van der Waals surface area contributed by atoms with E-state index >= 15 is 0 Å². The van der Waals surface area contributed by atoms with Crippen LogP contribution in [0.3, 0.4) is 0 Å². The summed E-state index contributed by atoms with van der Waals surface area (Å²) in [6, 6.07) is 4.04. The average Bonchev–Trinajstić information content (AvgIpc) is 3.07. The number of hydrogen-bond donors (Lipinski definition) is 1. The Morgan fingerprint density at radius 1 is 1.25 bits per heavy atom. The Morgan fingerprint density at radius 2 is 2.04 bits per heavy atom. The summed E-state index contributed by atoms with van der Waals surface area (Å²) >= 11 is 0. The predicted octanol–water partition coefficient (Wildman–Crippen LogP) is 2.91. The van der Waals surface area contributed by atoms with Gasteiger partial charge in [-0.15, -0.1) is 8.78 Å². The van der Waals surface area contributed by atoms with Crippen molar-refractivity contribution in [3.8, 4) is 11.5 Å². The van der Waals surface area contributed by atoms with E-state index in [9.17, 15) is 13.6 Å². The number of alkyl halides is 2. The van der Waals surface area contributed by atoms with Crippen LogP contribution < -0.4 is 14.8 Å². The van der Waals surface area contributed by atoms with Crippen LogP contribution in [0, 0.1) is 0 Å². The third-order valence-corrected chi connectivity index (χ3v) is 3.23. The number of halogens is 2. The Kier molecular flexibility index (Phi) is 4.32. The first-order valence-electron chi connectivity index (χ1n) is 7.46. The lowest BCUT2D eigenvalue weighted by atomic mass is 10.2. The molecule has 0 saturated heterocycles. The molecule has 0 unspecified atom stereocenters. The van der Waals surface area contributed by atoms with Gasteiger partial charge in [-0.3, -0.25) is 4.79 Å². The molecule has 0 spiro atoms. The van der Waals surface area contributed by atoms with Crippen molar-refractivity contribution in [3.05, 3.63) is 29.9 Å². The van der Waals surface area contributed by atoms with E-state index in [-0.39, 0.29) is 23.8 Å². The third kappa shape index (κ3) is 3.79. The van der Waals surface area contributed by atoms with E-state index in [0.29, 0.717) is 23.8 Å². The smallest absolute Gasteiger partial charge is 0.395 e. The van der Waals surface area contributed by atoms with Gasteiger partial charge in [0, 0.05) is 31.0 Å². The molecule has 0 atom stereocenters. The SMILES string of the molecule is CCCc1noc(CCC(=O)Nc2ccc3c(c2)OC(F)(F)O3)n1. The van der Waals surface area contributed by atoms with Gasteiger partial charge in [0.05, 0.1) is 0 Å². The van der Waals surface area contributed by atoms with Gasteiger partial charge in [-0.25, -0.2) is 0 Å². The molecule has 0 saturated carbocycles. The molecule has 24 heavy (non-hydrogen) atoms. The highest BCUT2D eigenvalue weighted by atomic mass is 19.3. The lowest BCUT2D eigenvalue weighted by Gasteiger charge is -2.05. The molecule has 0 aliphatic carbocycles. The lowest BCUT2D eigenvalue weighted by Crippen LogP contribution is -2.25. The summed E-state index contributed by atoms with van der Waals surface area (Å²) in [5, 5.41) is 6.39. The summed E-state index contributed by atoms with van der Waals surface area (Å²) in [4.78, 5) is 16.1. The molecule has 1 aliphatic rings. The van der Waals surface area contributed by atoms with Crippen LogP contribution in [0.5, 0.6) is 11.5 Å². The second kappa shape index (κ2) is 6.42. The number of nitrogens with one attached hydrogen (secondary N) is 1. The van der Waals surface area contributed by atoms with E-state index in [1.165, 1.54) is 18.2 Å². The molecule has 0 radical (unpaired) electrons. The Labute approximate surface area is 135 Å². The number of carbonyl (C=O) groups is 1. The van der Waals surface area contributed by atoms with Crippen molar-refractivity contribution < 1.29 is 27.6 Å². The van der Waals surface area contributed by atoms with Gasteiger partial charge in [0.2, 0.25) is 11.8 Å². The molecular weight excluding hydrogens is 324 g/mol. The monoisotopic (exact) mass is 339 g/mol. The fourth-order valence-corrected chi connectivity index (χ4v) is 2.19. The summed E-state index contributed by atoms with van der Waals surface area (Å²) in [6.45, 7) is 2.00. The van der Waals surface area contributed by atoms with Gasteiger partial charge in [0.25, 0.3) is 0 Å². The van der Waals surface area contributed by atoms with Crippen molar-refractivity contribution in [1.29, 1.82) is 0 Å². The molecule has 1 aromatic carbocycles. The average molecular weight is 339 g/mol. The van der Waals surface area contributed by atoms with Gasteiger partial charge in [0.15, 0.2) is 17.3 Å². The minimum absolute atomic E-state index is 0.0766. The molecule has 2 aromatic rings. The Balaban J connectivity index is 1.54. The second-order valence-corrected chi connectivity index (χ2v) is 5.23. The van der Waals surface area contributed by atoms with E-state index in [1.54, 1.807) is 0 Å². The first-order chi connectivity index (χ1) is 11.4. The molecular formula is C15H15F2N3O4. The molecule has 1 aliphatic heterocycles. The molecule has 0 fully saturated rings. The largest absolute Gasteiger partial charge is 0.586 e. The topological polar surface area (TPSA) is 86.5 Å². The maximum Gasteiger partial charge on any atom is 0.586 e. The van der Waals surface area contributed by atoms with Crippen LogP contribution in [0.4, 0.5) is 14.5 Å². The number of benzene rings is 1. The van der Waals surface area contributed by atoms with Gasteiger partial charge in [-0.1, -0.05) is 12.1 Å². The van der Waals surface area contributed by atoms with E-state index in [4.69, 9.17) is 4.52 Å². The van der Waals surface area contributed by atoms with Crippen molar-refractivity contribution in [2.24, 2.45) is 0 Å². The van der Waals surface area contributed by atoms with Gasteiger partial charge < -0.3 is 19.3 Å². The number of anilines is 1. The standard InChI is InChI=1S/C15H15F2N3O4/c1-2-3-12-19-14(24-20-12)7-6-13(21)18-9-4-5-10-11(8-9)23-15(16,17)22-10/h4-5,8H,2-3,6-7H2,1H3,(H,18,21). The van der Waals surface area contributed by atoms with Crippen molar-refractivity contribution >= 4 is 11.6 Å². The van der Waals surface area contributed by atoms with Gasteiger partial charge >= 0.3 is 6.29 Å². The summed E-state index contributed by atoms with van der Waals surface area (Å²) in [5.41, 5.74) is 0.331. The summed E-state index contributed by atoms with van der Waals surface area (Å²) < 4.78 is 39.5. The summed E-state index contributed by atoms with van der Waals surface area (Å²) in [7, 11) is 0. The number of aryl methyl sites for hydroxylation is 2. The molecule has 7 nitrogen and oxygen atoms in total. The summed E-state index contributed by atoms with van der Waals surface area (Å²) in [5.74, 6) is 0.491. The zero-order valence-electron chi connectivity index (χ0n) is 12.8. The minimum Gasteiger partial charge on any atom is -0.395 e. The maximum atomic E-state index is 12.9. The first-order valence-corrected chi connectivity index (χ1v) is 7.46. The molecule has 1 amide bonds. The number of carbonyl (C=O) groups excluding carboxylic acids is 1. The van der Waals surface area contributed by atoms with E-state index in [0.717, 1.165) is 12.8 Å². The highest BCUT2D eigenvalue weighted by molar-refractivity contribution is 5.91. The van der Waals surface area contributed by atoms with Crippen LogP contribution in [0.1, 0.15) is 31.5 Å². The highest BCUT2D eigenvalue weighted by Gasteiger charge is 2.43. The van der Waals surface area contributed by atoms with Gasteiger partial charge in [-0.05, 0) is 18.6 Å². The minimum atomic E-state index is -3.68. The Bertz CT molecular complexity index is 748. The molecule has 128 valence electrons. The number of fused-ring (bicyclic) bond motifs is 1. The third-order valence-electron chi connectivity index (χ3n) is 3.23. The van der Waals surface area contributed by atoms with Crippen LogP contribution in [-0.4, -0.2) is 22.3 Å². The fourth-order valence-electron chi connectivity index (χ4n) is 2.19. The van der Waals surface area contributed by atoms with Crippen molar-refractivity contribution in [1.82, 2.24) is 10.1 Å². The van der Waals surface area contributed by atoms with Gasteiger partial charge in [0.1, 0.15) is 0 Å². The van der Waals surface area contributed by atoms with Crippen LogP contribution >= 0.6 is 0 Å². The molecule has 1 aromatic heterocycles. The fraction of sp³-hybridized carbons (Fsp3) is 0.400. The molecule has 9 heteroatoms. The number of hydrogen-bond acceptors (Lipinski definition) is 6. The van der Waals surface area contributed by atoms with Crippen LogP contribution in [0.2, 0.25) is 0 Å². The van der Waals surface area contributed by atoms with Crippen molar-refractivity contribution in [2.45, 2.75) is 38.9 Å². The van der Waals surface area contributed by atoms with Crippen molar-refractivity contribution in [3.63, 3.8) is 0 Å². The van der Waals surface area contributed by atoms with Crippen LogP contribution in [0.25, 0.3) is 0 Å². The van der Waals surface area contributed by atoms with Gasteiger partial charge in [-0.2, -0.15) is 4.98 Å². The number of ether oxygens (including phenoxy) is 2. The van der Waals surface area contributed by atoms with E-state index in [1.807, 2.05) is 6.92 Å². The number of amides is 1.